The molecule has 0 aromatic carbocycles. The number of halogens is 3. The second kappa shape index (κ2) is 6.80. The second-order valence-electron chi connectivity index (χ2n) is 9.21. The van der Waals surface area contributed by atoms with E-state index in [1.807, 2.05) is 15.8 Å². The van der Waals surface area contributed by atoms with Crippen LogP contribution in [-0.4, -0.2) is 64.1 Å². The third-order valence-corrected chi connectivity index (χ3v) is 6.95. The van der Waals surface area contributed by atoms with Crippen LogP contribution in [0, 0.1) is 17.7 Å². The minimum Gasteiger partial charge on any atom is -0.377 e. The first-order valence-electron chi connectivity index (χ1n) is 10.7. The minimum absolute atomic E-state index is 0.00644. The fourth-order valence-corrected chi connectivity index (χ4v) is 4.74. The molecule has 4 aliphatic rings. The summed E-state index contributed by atoms with van der Waals surface area (Å²) in [6.07, 6.45) is 6.19. The third kappa shape index (κ3) is 3.53. The van der Waals surface area contributed by atoms with Gasteiger partial charge in [0.25, 0.3) is 5.92 Å². The first kappa shape index (κ1) is 19.3. The van der Waals surface area contributed by atoms with Crippen molar-refractivity contribution >= 4 is 17.5 Å². The zero-order chi connectivity index (χ0) is 21.2. The quantitative estimate of drug-likeness (QED) is 0.659. The van der Waals surface area contributed by atoms with Crippen LogP contribution in [0.5, 0.6) is 0 Å². The molecule has 31 heavy (non-hydrogen) atoms. The Kier molecular flexibility index (Phi) is 4.23. The molecule has 8 nitrogen and oxygen atoms in total. The van der Waals surface area contributed by atoms with Gasteiger partial charge in [-0.05, 0) is 25.3 Å². The van der Waals surface area contributed by atoms with E-state index in [-0.39, 0.29) is 23.8 Å². The fraction of sp³-hybridized carbons (Fsp3) is 0.650. The predicted molar refractivity (Wildman–Crippen MR) is 106 cm³/mol. The van der Waals surface area contributed by atoms with Gasteiger partial charge in [-0.15, -0.1) is 0 Å². The third-order valence-electron chi connectivity index (χ3n) is 6.95. The maximum absolute atomic E-state index is 14.5. The van der Waals surface area contributed by atoms with Crippen molar-refractivity contribution in [1.29, 1.82) is 0 Å². The molecular formula is C20H24F3N7O. The summed E-state index contributed by atoms with van der Waals surface area (Å²) in [5.74, 6) is -2.47. The molecule has 2 N–H and O–H groups in total. The van der Waals surface area contributed by atoms with E-state index in [1.54, 1.807) is 6.20 Å². The van der Waals surface area contributed by atoms with Crippen LogP contribution in [0.3, 0.4) is 0 Å². The van der Waals surface area contributed by atoms with Crippen LogP contribution in [0.1, 0.15) is 25.3 Å². The number of hydrogen-bond acceptors (Lipinski definition) is 7. The topological polar surface area (TPSA) is 80.1 Å². The van der Waals surface area contributed by atoms with E-state index in [2.05, 4.69) is 25.7 Å². The molecule has 2 aromatic rings. The highest BCUT2D eigenvalue weighted by atomic mass is 19.3. The molecule has 166 valence electrons. The predicted octanol–water partition coefficient (Wildman–Crippen LogP) is 2.34. The normalized spacial score (nSPS) is 30.7. The van der Waals surface area contributed by atoms with Crippen LogP contribution in [0.25, 0.3) is 0 Å². The van der Waals surface area contributed by atoms with Crippen molar-refractivity contribution in [2.24, 2.45) is 11.8 Å². The number of alkyl halides is 2. The van der Waals surface area contributed by atoms with E-state index >= 15 is 0 Å². The smallest absolute Gasteiger partial charge is 0.251 e. The summed E-state index contributed by atoms with van der Waals surface area (Å²) in [6, 6.07) is 0.242. The number of ether oxygens (including phenoxy) is 1. The Morgan fingerprint density at radius 2 is 2.06 bits per heavy atom. The van der Waals surface area contributed by atoms with Gasteiger partial charge in [0.15, 0.2) is 11.6 Å². The molecule has 2 aromatic heterocycles. The van der Waals surface area contributed by atoms with Gasteiger partial charge in [-0.1, -0.05) is 0 Å². The van der Waals surface area contributed by atoms with Gasteiger partial charge in [0.05, 0.1) is 37.3 Å². The molecule has 3 atom stereocenters. The number of hydrogen-bond donors (Lipinski definition) is 2. The van der Waals surface area contributed by atoms with Crippen molar-refractivity contribution in [3.8, 4) is 0 Å². The summed E-state index contributed by atoms with van der Waals surface area (Å²) < 4.78 is 47.7. The molecule has 0 spiro atoms. The standard InChI is InChI=1S/C20H24F3N7O/c21-16-6-24-18(27-14-5-26-30(8-14)15-9-31-10-15)28-17(16)29-7-13-3-19(13,11-29)25-2-1-12-4-20(12,22)23/h5-6,8,12-13,15,25H,1-4,7,9-11H2,(H,24,27,28)/t12-,13?,19?/m1/s1. The van der Waals surface area contributed by atoms with Gasteiger partial charge in [-0.25, -0.2) is 18.2 Å². The van der Waals surface area contributed by atoms with Gasteiger partial charge < -0.3 is 20.3 Å². The largest absolute Gasteiger partial charge is 0.377 e. The number of aromatic nitrogens is 4. The van der Waals surface area contributed by atoms with E-state index in [0.29, 0.717) is 51.1 Å². The van der Waals surface area contributed by atoms with E-state index in [4.69, 9.17) is 4.74 Å². The molecule has 2 aliphatic carbocycles. The van der Waals surface area contributed by atoms with Gasteiger partial charge in [0.2, 0.25) is 5.95 Å². The molecule has 2 saturated heterocycles. The molecule has 2 saturated carbocycles. The second-order valence-corrected chi connectivity index (χ2v) is 9.21. The van der Waals surface area contributed by atoms with E-state index in [1.165, 1.54) is 6.20 Å². The molecule has 6 rings (SSSR count). The van der Waals surface area contributed by atoms with Crippen molar-refractivity contribution in [1.82, 2.24) is 25.1 Å². The monoisotopic (exact) mass is 435 g/mol. The molecule has 0 amide bonds. The van der Waals surface area contributed by atoms with Crippen LogP contribution >= 0.6 is 0 Å². The maximum atomic E-state index is 14.5. The van der Waals surface area contributed by atoms with Crippen LogP contribution in [0.2, 0.25) is 0 Å². The van der Waals surface area contributed by atoms with Crippen LogP contribution in [-0.2, 0) is 4.74 Å². The SMILES string of the molecule is Fc1cnc(Nc2cnn(C3COC3)c2)nc1N1CC2CC2(NCC[C@@H]2CC2(F)F)C1. The number of piperidine rings is 1. The highest BCUT2D eigenvalue weighted by molar-refractivity contribution is 5.54. The molecule has 4 heterocycles. The lowest BCUT2D eigenvalue weighted by Crippen LogP contribution is -2.39. The average molecular weight is 435 g/mol. The number of fused-ring (bicyclic) bond motifs is 1. The van der Waals surface area contributed by atoms with Crippen molar-refractivity contribution in [2.75, 3.05) is 43.1 Å². The lowest BCUT2D eigenvalue weighted by Gasteiger charge is -2.25. The lowest BCUT2D eigenvalue weighted by molar-refractivity contribution is -0.0286. The van der Waals surface area contributed by atoms with Gasteiger partial charge >= 0.3 is 0 Å². The number of rotatable bonds is 8. The highest BCUT2D eigenvalue weighted by Gasteiger charge is 2.61. The Morgan fingerprint density at radius 1 is 1.23 bits per heavy atom. The Morgan fingerprint density at radius 3 is 2.81 bits per heavy atom. The first-order chi connectivity index (χ1) is 14.9. The van der Waals surface area contributed by atoms with E-state index in [9.17, 15) is 13.2 Å². The molecule has 0 bridgehead atoms. The van der Waals surface area contributed by atoms with Crippen molar-refractivity contribution in [3.63, 3.8) is 0 Å². The maximum Gasteiger partial charge on any atom is 0.251 e. The molecule has 2 unspecified atom stereocenters. The number of nitrogens with zero attached hydrogens (tertiary/aromatic N) is 5. The molecule has 0 radical (unpaired) electrons. The van der Waals surface area contributed by atoms with Crippen LogP contribution < -0.4 is 15.5 Å². The summed E-state index contributed by atoms with van der Waals surface area (Å²) in [6.45, 7) is 3.17. The molecule has 4 fully saturated rings. The summed E-state index contributed by atoms with van der Waals surface area (Å²) in [4.78, 5) is 10.4. The van der Waals surface area contributed by atoms with Gasteiger partial charge in [0, 0.05) is 37.2 Å². The summed E-state index contributed by atoms with van der Waals surface area (Å²) in [5.41, 5.74) is 0.616. The minimum atomic E-state index is -2.47. The average Bonchev–Trinajstić information content (AvgIpc) is 3.36. The van der Waals surface area contributed by atoms with Gasteiger partial charge in [-0.2, -0.15) is 10.1 Å². The van der Waals surface area contributed by atoms with Crippen LogP contribution in [0.4, 0.5) is 30.6 Å². The highest BCUT2D eigenvalue weighted by Crippen LogP contribution is 2.52. The fourth-order valence-electron chi connectivity index (χ4n) is 4.74. The molecule has 2 aliphatic heterocycles. The number of nitrogens with one attached hydrogen (secondary N) is 2. The zero-order valence-corrected chi connectivity index (χ0v) is 16.9. The van der Waals surface area contributed by atoms with Crippen molar-refractivity contribution < 1.29 is 17.9 Å². The van der Waals surface area contributed by atoms with Crippen molar-refractivity contribution in [3.05, 3.63) is 24.4 Å². The molecular weight excluding hydrogens is 411 g/mol. The Labute approximate surface area is 177 Å². The van der Waals surface area contributed by atoms with E-state index in [0.717, 1.165) is 12.1 Å². The molecule has 11 heteroatoms. The van der Waals surface area contributed by atoms with Crippen LogP contribution in [0.15, 0.2) is 18.6 Å². The Bertz CT molecular complexity index is 997. The van der Waals surface area contributed by atoms with Gasteiger partial charge in [-0.3, -0.25) is 4.68 Å². The zero-order valence-electron chi connectivity index (χ0n) is 16.9. The Hall–Kier alpha value is -2.40. The Balaban J connectivity index is 1.09. The number of anilines is 3. The van der Waals surface area contributed by atoms with Crippen molar-refractivity contribution in [2.45, 2.75) is 36.8 Å². The summed E-state index contributed by atoms with van der Waals surface area (Å²) in [7, 11) is 0. The van der Waals surface area contributed by atoms with Gasteiger partial charge in [0.1, 0.15) is 0 Å². The first-order valence-corrected chi connectivity index (χ1v) is 10.7. The lowest BCUT2D eigenvalue weighted by atomic mass is 10.2. The summed E-state index contributed by atoms with van der Waals surface area (Å²) in [5, 5.41) is 10.9. The van der Waals surface area contributed by atoms with E-state index < -0.39 is 17.7 Å². The summed E-state index contributed by atoms with van der Waals surface area (Å²) >= 11 is 0.